The number of unbranched alkanes of at least 4 members (excludes halogenated alkanes) is 1. The minimum Gasteiger partial charge on any atom is -0.393 e. The summed E-state index contributed by atoms with van der Waals surface area (Å²) in [4.78, 5) is 6.73. The second kappa shape index (κ2) is 8.20. The number of rotatable bonds is 8. The third-order valence-electron chi connectivity index (χ3n) is 2.91. The number of hydrogen-bond acceptors (Lipinski definition) is 3. The molecule has 3 heteroatoms. The van der Waals surface area contributed by atoms with E-state index in [1.165, 1.54) is 0 Å². The molecular weight excluding hydrogens is 212 g/mol. The molecule has 1 rings (SSSR count). The van der Waals surface area contributed by atoms with E-state index in [1.807, 2.05) is 25.3 Å². The lowest BCUT2D eigenvalue weighted by molar-refractivity contribution is 0.176. The minimum absolute atomic E-state index is 0.166. The molecule has 0 aliphatic heterocycles. The molecule has 1 unspecified atom stereocenters. The lowest BCUT2D eigenvalue weighted by atomic mass is 10.1. The molecule has 0 saturated heterocycles. The fourth-order valence-corrected chi connectivity index (χ4v) is 1.84. The molecule has 0 bridgehead atoms. The Morgan fingerprint density at radius 3 is 2.76 bits per heavy atom. The molecule has 0 saturated carbocycles. The van der Waals surface area contributed by atoms with Gasteiger partial charge in [0, 0.05) is 12.7 Å². The van der Waals surface area contributed by atoms with Crippen molar-refractivity contribution >= 4 is 0 Å². The van der Waals surface area contributed by atoms with Crippen molar-refractivity contribution in [1.82, 2.24) is 9.88 Å². The first kappa shape index (κ1) is 14.1. The van der Waals surface area contributed by atoms with E-state index < -0.39 is 0 Å². The first-order chi connectivity index (χ1) is 8.22. The van der Waals surface area contributed by atoms with Crippen molar-refractivity contribution in [3.8, 4) is 0 Å². The van der Waals surface area contributed by atoms with Gasteiger partial charge in [-0.3, -0.25) is 9.88 Å². The third kappa shape index (κ3) is 6.39. The summed E-state index contributed by atoms with van der Waals surface area (Å²) in [5.41, 5.74) is 1.13. The first-order valence-corrected chi connectivity index (χ1v) is 6.52. The summed E-state index contributed by atoms with van der Waals surface area (Å²) in [5, 5.41) is 9.19. The molecular formula is C14H24N2O. The topological polar surface area (TPSA) is 36.4 Å². The molecule has 0 aliphatic rings. The van der Waals surface area contributed by atoms with Gasteiger partial charge in [0.05, 0.1) is 11.8 Å². The van der Waals surface area contributed by atoms with E-state index in [1.54, 1.807) is 0 Å². The predicted octanol–water partition coefficient (Wildman–Crippen LogP) is 2.45. The highest BCUT2D eigenvalue weighted by Gasteiger charge is 2.04. The van der Waals surface area contributed by atoms with Crippen LogP contribution in [0.25, 0.3) is 0 Å². The Bertz CT molecular complexity index is 288. The van der Waals surface area contributed by atoms with Crippen LogP contribution in [-0.2, 0) is 6.54 Å². The van der Waals surface area contributed by atoms with Crippen LogP contribution in [0.15, 0.2) is 24.4 Å². The normalized spacial score (nSPS) is 12.9. The summed E-state index contributed by atoms with van der Waals surface area (Å²) in [6.45, 7) is 7.08. The standard InChI is InChI=1S/C14H24N2O/c1-3-16(11-7-5-8-13(2)17)12-14-9-4-6-10-15-14/h4,6,9-10,13,17H,3,5,7-8,11-12H2,1-2H3. The number of aliphatic hydroxyl groups is 1. The van der Waals surface area contributed by atoms with Gasteiger partial charge in [-0.25, -0.2) is 0 Å². The quantitative estimate of drug-likeness (QED) is 0.704. The summed E-state index contributed by atoms with van der Waals surface area (Å²) >= 11 is 0. The Morgan fingerprint density at radius 2 is 2.18 bits per heavy atom. The molecule has 0 spiro atoms. The molecule has 0 aromatic carbocycles. The minimum atomic E-state index is -0.166. The van der Waals surface area contributed by atoms with Gasteiger partial charge in [0.25, 0.3) is 0 Å². The van der Waals surface area contributed by atoms with Gasteiger partial charge in [-0.1, -0.05) is 13.0 Å². The molecule has 1 aromatic heterocycles. The maximum Gasteiger partial charge on any atom is 0.0543 e. The molecule has 1 atom stereocenters. The lowest BCUT2D eigenvalue weighted by Gasteiger charge is -2.19. The van der Waals surface area contributed by atoms with Gasteiger partial charge in [-0.15, -0.1) is 0 Å². The first-order valence-electron chi connectivity index (χ1n) is 6.52. The van der Waals surface area contributed by atoms with Crippen molar-refractivity contribution in [3.05, 3.63) is 30.1 Å². The van der Waals surface area contributed by atoms with E-state index in [4.69, 9.17) is 0 Å². The van der Waals surface area contributed by atoms with Crippen LogP contribution in [0.3, 0.4) is 0 Å². The lowest BCUT2D eigenvalue weighted by Crippen LogP contribution is -2.24. The molecule has 0 fully saturated rings. The second-order valence-electron chi connectivity index (χ2n) is 4.53. The third-order valence-corrected chi connectivity index (χ3v) is 2.91. The van der Waals surface area contributed by atoms with Crippen LogP contribution in [-0.4, -0.2) is 34.2 Å². The molecule has 3 nitrogen and oxygen atoms in total. The highest BCUT2D eigenvalue weighted by Crippen LogP contribution is 2.05. The second-order valence-corrected chi connectivity index (χ2v) is 4.53. The van der Waals surface area contributed by atoms with Gasteiger partial charge in [0.2, 0.25) is 0 Å². The van der Waals surface area contributed by atoms with Crippen LogP contribution >= 0.6 is 0 Å². The van der Waals surface area contributed by atoms with Crippen LogP contribution in [0.5, 0.6) is 0 Å². The highest BCUT2D eigenvalue weighted by molar-refractivity contribution is 5.03. The molecule has 1 aromatic rings. The van der Waals surface area contributed by atoms with Gasteiger partial charge in [0.15, 0.2) is 0 Å². The Hall–Kier alpha value is -0.930. The van der Waals surface area contributed by atoms with Crippen molar-refractivity contribution in [2.45, 2.75) is 45.8 Å². The monoisotopic (exact) mass is 236 g/mol. The van der Waals surface area contributed by atoms with E-state index in [2.05, 4.69) is 22.9 Å². The summed E-state index contributed by atoms with van der Waals surface area (Å²) in [5.74, 6) is 0. The average molecular weight is 236 g/mol. The molecule has 0 aliphatic carbocycles. The smallest absolute Gasteiger partial charge is 0.0543 e. The van der Waals surface area contributed by atoms with Crippen molar-refractivity contribution in [3.63, 3.8) is 0 Å². The van der Waals surface area contributed by atoms with Crippen molar-refractivity contribution in [2.75, 3.05) is 13.1 Å². The Kier molecular flexibility index (Phi) is 6.82. The summed E-state index contributed by atoms with van der Waals surface area (Å²) in [6, 6.07) is 6.05. The zero-order valence-corrected chi connectivity index (χ0v) is 11.0. The van der Waals surface area contributed by atoms with Crippen LogP contribution in [0.1, 0.15) is 38.8 Å². The Morgan fingerprint density at radius 1 is 1.35 bits per heavy atom. The van der Waals surface area contributed by atoms with E-state index in [-0.39, 0.29) is 6.10 Å². The number of aromatic nitrogens is 1. The van der Waals surface area contributed by atoms with Crippen LogP contribution < -0.4 is 0 Å². The predicted molar refractivity (Wildman–Crippen MR) is 70.7 cm³/mol. The van der Waals surface area contributed by atoms with Crippen molar-refractivity contribution in [1.29, 1.82) is 0 Å². The van der Waals surface area contributed by atoms with Crippen molar-refractivity contribution in [2.24, 2.45) is 0 Å². The number of hydrogen-bond donors (Lipinski definition) is 1. The maximum absolute atomic E-state index is 9.19. The van der Waals surface area contributed by atoms with Crippen LogP contribution in [0.2, 0.25) is 0 Å². The van der Waals surface area contributed by atoms with Gasteiger partial charge in [0.1, 0.15) is 0 Å². The van der Waals surface area contributed by atoms with E-state index in [0.29, 0.717) is 0 Å². The molecule has 0 amide bonds. The fraction of sp³-hybridized carbons (Fsp3) is 0.643. The molecule has 17 heavy (non-hydrogen) atoms. The van der Waals surface area contributed by atoms with E-state index in [9.17, 15) is 5.11 Å². The molecule has 1 heterocycles. The number of nitrogens with zero attached hydrogens (tertiary/aromatic N) is 2. The van der Waals surface area contributed by atoms with Crippen LogP contribution in [0.4, 0.5) is 0 Å². The Labute approximate surface area is 104 Å². The maximum atomic E-state index is 9.19. The number of pyridine rings is 1. The van der Waals surface area contributed by atoms with E-state index in [0.717, 1.165) is 44.6 Å². The summed E-state index contributed by atoms with van der Waals surface area (Å²) in [6.07, 6.45) is 4.82. The van der Waals surface area contributed by atoms with E-state index >= 15 is 0 Å². The SMILES string of the molecule is CCN(CCCCC(C)O)Cc1ccccn1. The molecule has 0 radical (unpaired) electrons. The van der Waals surface area contributed by atoms with Gasteiger partial charge in [-0.05, 0) is 51.4 Å². The zero-order chi connectivity index (χ0) is 12.5. The Balaban J connectivity index is 2.24. The molecule has 96 valence electrons. The van der Waals surface area contributed by atoms with Crippen LogP contribution in [0, 0.1) is 0 Å². The van der Waals surface area contributed by atoms with Gasteiger partial charge in [-0.2, -0.15) is 0 Å². The summed E-state index contributed by atoms with van der Waals surface area (Å²) in [7, 11) is 0. The average Bonchev–Trinajstić information content (AvgIpc) is 2.34. The zero-order valence-electron chi connectivity index (χ0n) is 11.0. The summed E-state index contributed by atoms with van der Waals surface area (Å²) < 4.78 is 0. The number of aliphatic hydroxyl groups excluding tert-OH is 1. The molecule has 1 N–H and O–H groups in total. The fourth-order valence-electron chi connectivity index (χ4n) is 1.84. The largest absolute Gasteiger partial charge is 0.393 e. The van der Waals surface area contributed by atoms with Gasteiger partial charge < -0.3 is 5.11 Å². The van der Waals surface area contributed by atoms with Crippen molar-refractivity contribution < 1.29 is 5.11 Å². The highest BCUT2D eigenvalue weighted by atomic mass is 16.3. The van der Waals surface area contributed by atoms with Gasteiger partial charge >= 0.3 is 0 Å².